The van der Waals surface area contributed by atoms with E-state index in [1.54, 1.807) is 0 Å². The van der Waals surface area contributed by atoms with E-state index in [4.69, 9.17) is 4.74 Å². The summed E-state index contributed by atoms with van der Waals surface area (Å²) < 4.78 is 5.95. The molecule has 3 heteroatoms. The van der Waals surface area contributed by atoms with Gasteiger partial charge in [-0.2, -0.15) is 0 Å². The van der Waals surface area contributed by atoms with Gasteiger partial charge in [0.15, 0.2) is 0 Å². The predicted octanol–water partition coefficient (Wildman–Crippen LogP) is 1.70. The lowest BCUT2D eigenvalue weighted by molar-refractivity contribution is 0.139. The van der Waals surface area contributed by atoms with Gasteiger partial charge in [-0.05, 0) is 32.4 Å². The molecule has 1 aromatic carbocycles. The Morgan fingerprint density at radius 3 is 3.00 bits per heavy atom. The molecule has 0 spiro atoms. The van der Waals surface area contributed by atoms with Gasteiger partial charge >= 0.3 is 0 Å². The number of ether oxygens (including phenoxy) is 1. The lowest BCUT2D eigenvalue weighted by Gasteiger charge is -2.29. The Morgan fingerprint density at radius 2 is 2.25 bits per heavy atom. The highest BCUT2D eigenvalue weighted by molar-refractivity contribution is 5.32. The minimum absolute atomic E-state index is 0.0384. The second-order valence-corrected chi connectivity index (χ2v) is 4.39. The van der Waals surface area contributed by atoms with Gasteiger partial charge in [-0.25, -0.2) is 0 Å². The van der Waals surface area contributed by atoms with E-state index >= 15 is 0 Å². The fourth-order valence-corrected chi connectivity index (χ4v) is 2.12. The summed E-state index contributed by atoms with van der Waals surface area (Å²) in [5.74, 6) is 0.823. The Balaban J connectivity index is 2.02. The first-order chi connectivity index (χ1) is 7.79. The summed E-state index contributed by atoms with van der Waals surface area (Å²) in [6.07, 6.45) is 2.33. The molecule has 0 saturated carbocycles. The number of piperidine rings is 1. The lowest BCUT2D eigenvalue weighted by atomic mass is 10.0. The highest BCUT2D eigenvalue weighted by atomic mass is 16.5. The monoisotopic (exact) mass is 221 g/mol. The summed E-state index contributed by atoms with van der Waals surface area (Å²) in [6, 6.07) is 8.21. The van der Waals surface area contributed by atoms with Crippen molar-refractivity contribution in [3.63, 3.8) is 0 Å². The van der Waals surface area contributed by atoms with Crippen molar-refractivity contribution in [3.8, 4) is 5.75 Å². The van der Waals surface area contributed by atoms with Gasteiger partial charge in [0.05, 0.1) is 6.61 Å². The number of aliphatic hydroxyl groups is 1. The summed E-state index contributed by atoms with van der Waals surface area (Å²) in [5, 5.41) is 12.6. The maximum atomic E-state index is 9.21. The highest BCUT2D eigenvalue weighted by Crippen LogP contribution is 2.22. The molecule has 2 unspecified atom stereocenters. The molecular formula is C13H19NO2. The zero-order chi connectivity index (χ0) is 11.4. The number of benzene rings is 1. The Labute approximate surface area is 96.4 Å². The first-order valence-electron chi connectivity index (χ1n) is 5.88. The van der Waals surface area contributed by atoms with Crippen molar-refractivity contribution >= 4 is 0 Å². The highest BCUT2D eigenvalue weighted by Gasteiger charge is 2.20. The zero-order valence-electron chi connectivity index (χ0n) is 9.65. The van der Waals surface area contributed by atoms with Crippen LogP contribution >= 0.6 is 0 Å². The number of rotatable bonds is 3. The van der Waals surface area contributed by atoms with Crippen LogP contribution in [0.2, 0.25) is 0 Å². The van der Waals surface area contributed by atoms with E-state index in [1.165, 1.54) is 0 Å². The number of aliphatic hydroxyl groups excluding tert-OH is 1. The van der Waals surface area contributed by atoms with Crippen LogP contribution in [0.5, 0.6) is 5.75 Å². The third kappa shape index (κ3) is 2.74. The Bertz CT molecular complexity index is 340. The maximum absolute atomic E-state index is 9.21. The normalized spacial score (nSPS) is 25.4. The predicted molar refractivity (Wildman–Crippen MR) is 63.5 cm³/mol. The van der Waals surface area contributed by atoms with Gasteiger partial charge in [-0.15, -0.1) is 0 Å². The van der Waals surface area contributed by atoms with Crippen LogP contribution in [-0.4, -0.2) is 23.8 Å². The summed E-state index contributed by atoms with van der Waals surface area (Å²) in [6.45, 7) is 3.22. The summed E-state index contributed by atoms with van der Waals surface area (Å²) in [7, 11) is 0. The molecule has 0 amide bonds. The second-order valence-electron chi connectivity index (χ2n) is 4.39. The van der Waals surface area contributed by atoms with Crippen LogP contribution in [0.3, 0.4) is 0 Å². The minimum atomic E-state index is 0.0384. The van der Waals surface area contributed by atoms with Crippen molar-refractivity contribution in [2.45, 2.75) is 38.5 Å². The van der Waals surface area contributed by atoms with E-state index in [0.29, 0.717) is 6.04 Å². The van der Waals surface area contributed by atoms with Crippen molar-refractivity contribution in [2.75, 3.05) is 6.54 Å². The summed E-state index contributed by atoms with van der Waals surface area (Å²) in [5.41, 5.74) is 0.869. The van der Waals surface area contributed by atoms with Crippen LogP contribution < -0.4 is 10.1 Å². The summed E-state index contributed by atoms with van der Waals surface area (Å²) >= 11 is 0. The van der Waals surface area contributed by atoms with Crippen molar-refractivity contribution in [1.29, 1.82) is 0 Å². The van der Waals surface area contributed by atoms with Crippen LogP contribution in [-0.2, 0) is 6.61 Å². The van der Waals surface area contributed by atoms with E-state index in [0.717, 1.165) is 30.7 Å². The van der Waals surface area contributed by atoms with E-state index < -0.39 is 0 Å². The molecule has 2 N–H and O–H groups in total. The van der Waals surface area contributed by atoms with Crippen LogP contribution in [0.1, 0.15) is 25.3 Å². The largest absolute Gasteiger partial charge is 0.490 e. The van der Waals surface area contributed by atoms with Crippen molar-refractivity contribution in [1.82, 2.24) is 5.32 Å². The molecule has 16 heavy (non-hydrogen) atoms. The van der Waals surface area contributed by atoms with Gasteiger partial charge in [-0.1, -0.05) is 18.2 Å². The number of hydrogen-bond donors (Lipinski definition) is 2. The van der Waals surface area contributed by atoms with Crippen LogP contribution in [0.25, 0.3) is 0 Å². The van der Waals surface area contributed by atoms with Gasteiger partial charge in [0.25, 0.3) is 0 Å². The smallest absolute Gasteiger partial charge is 0.125 e. The molecule has 88 valence electrons. The topological polar surface area (TPSA) is 41.5 Å². The molecular weight excluding hydrogens is 202 g/mol. The minimum Gasteiger partial charge on any atom is -0.490 e. The van der Waals surface area contributed by atoms with E-state index in [1.807, 2.05) is 24.3 Å². The van der Waals surface area contributed by atoms with Gasteiger partial charge in [-0.3, -0.25) is 0 Å². The van der Waals surface area contributed by atoms with Crippen LogP contribution in [0, 0.1) is 0 Å². The van der Waals surface area contributed by atoms with E-state index in [-0.39, 0.29) is 12.7 Å². The number of hydrogen-bond acceptors (Lipinski definition) is 3. The van der Waals surface area contributed by atoms with Gasteiger partial charge < -0.3 is 15.2 Å². The molecule has 1 saturated heterocycles. The molecule has 1 aromatic rings. The maximum Gasteiger partial charge on any atom is 0.125 e. The molecule has 0 bridgehead atoms. The molecule has 0 aliphatic carbocycles. The number of para-hydroxylation sites is 1. The second kappa shape index (κ2) is 5.32. The lowest BCUT2D eigenvalue weighted by Crippen LogP contribution is -2.40. The van der Waals surface area contributed by atoms with E-state index in [9.17, 15) is 5.11 Å². The third-order valence-corrected chi connectivity index (χ3v) is 3.01. The Morgan fingerprint density at radius 1 is 1.44 bits per heavy atom. The molecule has 1 aliphatic rings. The van der Waals surface area contributed by atoms with Crippen molar-refractivity contribution < 1.29 is 9.84 Å². The van der Waals surface area contributed by atoms with Gasteiger partial charge in [0.1, 0.15) is 11.9 Å². The Hall–Kier alpha value is -1.06. The molecule has 0 radical (unpaired) electrons. The van der Waals surface area contributed by atoms with Crippen LogP contribution in [0.4, 0.5) is 0 Å². The first-order valence-corrected chi connectivity index (χ1v) is 5.88. The summed E-state index contributed by atoms with van der Waals surface area (Å²) in [4.78, 5) is 0. The van der Waals surface area contributed by atoms with Gasteiger partial charge in [0, 0.05) is 11.6 Å². The fraction of sp³-hybridized carbons (Fsp3) is 0.538. The fourth-order valence-electron chi connectivity index (χ4n) is 2.12. The molecule has 1 aliphatic heterocycles. The average Bonchev–Trinajstić information content (AvgIpc) is 2.30. The molecule has 2 rings (SSSR count). The zero-order valence-corrected chi connectivity index (χ0v) is 9.65. The molecule has 2 atom stereocenters. The molecule has 0 aromatic heterocycles. The SMILES string of the molecule is CC1CC(Oc2ccccc2CO)CCN1. The van der Waals surface area contributed by atoms with Gasteiger partial charge in [0.2, 0.25) is 0 Å². The standard InChI is InChI=1S/C13H19NO2/c1-10-8-12(6-7-14-10)16-13-5-3-2-4-11(13)9-15/h2-5,10,12,14-15H,6-9H2,1H3. The Kier molecular flexibility index (Phi) is 3.80. The van der Waals surface area contributed by atoms with Crippen molar-refractivity contribution in [3.05, 3.63) is 29.8 Å². The van der Waals surface area contributed by atoms with Crippen LogP contribution in [0.15, 0.2) is 24.3 Å². The molecule has 3 nitrogen and oxygen atoms in total. The average molecular weight is 221 g/mol. The molecule has 1 heterocycles. The van der Waals surface area contributed by atoms with E-state index in [2.05, 4.69) is 12.2 Å². The molecule has 1 fully saturated rings. The first kappa shape index (κ1) is 11.4. The quantitative estimate of drug-likeness (QED) is 0.816. The third-order valence-electron chi connectivity index (χ3n) is 3.01. The van der Waals surface area contributed by atoms with Crippen molar-refractivity contribution in [2.24, 2.45) is 0 Å². The number of nitrogens with one attached hydrogen (secondary N) is 1.